The van der Waals surface area contributed by atoms with Crippen LogP contribution >= 0.6 is 0 Å². The molecule has 0 heterocycles. The number of ether oxygens (including phenoxy) is 2. The minimum absolute atomic E-state index is 0.312. The molecule has 0 bridgehead atoms. The van der Waals surface area contributed by atoms with Crippen molar-refractivity contribution in [2.75, 3.05) is 11.5 Å². The minimum atomic E-state index is -5.42. The Morgan fingerprint density at radius 1 is 0.600 bits per heavy atom. The van der Waals surface area contributed by atoms with Crippen molar-refractivity contribution in [1.29, 1.82) is 0 Å². The Kier molecular flexibility index (Phi) is 5.38. The quantitative estimate of drug-likeness (QED) is 0.391. The molecule has 0 saturated heterocycles. The second kappa shape index (κ2) is 7.65. The van der Waals surface area contributed by atoms with Crippen LogP contribution in [0.5, 0.6) is 23.0 Å². The molecule has 0 fully saturated rings. The third-order valence-corrected chi connectivity index (χ3v) is 3.85. The molecule has 0 aromatic heterocycles. The maximum absolute atomic E-state index is 14.3. The lowest BCUT2D eigenvalue weighted by molar-refractivity contribution is -0.141. The SMILES string of the molecule is Nc1cccc(Oc2cc(Oc3cccc(N)c3F)c(C(F)(F)F)c(F)c2F)c1F. The topological polar surface area (TPSA) is 70.5 Å². The van der Waals surface area contributed by atoms with Gasteiger partial charge in [0.2, 0.25) is 5.82 Å². The van der Waals surface area contributed by atoms with Crippen LogP contribution in [0.3, 0.4) is 0 Å². The first-order valence-corrected chi connectivity index (χ1v) is 8.03. The molecule has 0 radical (unpaired) electrons. The van der Waals surface area contributed by atoms with Gasteiger partial charge in [-0.1, -0.05) is 12.1 Å². The molecule has 0 aliphatic heterocycles. The predicted molar refractivity (Wildman–Crippen MR) is 93.1 cm³/mol. The van der Waals surface area contributed by atoms with Gasteiger partial charge in [-0.3, -0.25) is 0 Å². The highest BCUT2D eigenvalue weighted by Gasteiger charge is 2.41. The molecule has 0 unspecified atom stereocenters. The average Bonchev–Trinajstić information content (AvgIpc) is 2.65. The van der Waals surface area contributed by atoms with Gasteiger partial charge in [0.15, 0.2) is 34.7 Å². The maximum atomic E-state index is 14.3. The molecule has 0 amide bonds. The van der Waals surface area contributed by atoms with E-state index in [2.05, 4.69) is 0 Å². The van der Waals surface area contributed by atoms with Crippen LogP contribution in [-0.2, 0) is 6.18 Å². The van der Waals surface area contributed by atoms with E-state index in [0.717, 1.165) is 24.3 Å². The van der Waals surface area contributed by atoms with Crippen molar-refractivity contribution in [1.82, 2.24) is 0 Å². The van der Waals surface area contributed by atoms with Crippen molar-refractivity contribution in [3.63, 3.8) is 0 Å². The summed E-state index contributed by atoms with van der Waals surface area (Å²) in [7, 11) is 0. The fourth-order valence-corrected chi connectivity index (χ4v) is 2.45. The summed E-state index contributed by atoms with van der Waals surface area (Å²) in [5, 5.41) is 0. The normalized spacial score (nSPS) is 11.4. The van der Waals surface area contributed by atoms with Gasteiger partial charge in [-0.15, -0.1) is 0 Å². The van der Waals surface area contributed by atoms with Crippen LogP contribution in [0.2, 0.25) is 0 Å². The summed E-state index contributed by atoms with van der Waals surface area (Å²) >= 11 is 0. The summed E-state index contributed by atoms with van der Waals surface area (Å²) in [5.74, 6) is -10.8. The number of nitrogens with two attached hydrogens (primary N) is 2. The second-order valence-corrected chi connectivity index (χ2v) is 5.90. The van der Waals surface area contributed by atoms with Gasteiger partial charge in [0.25, 0.3) is 0 Å². The van der Waals surface area contributed by atoms with Gasteiger partial charge in [-0.2, -0.15) is 17.6 Å². The van der Waals surface area contributed by atoms with Crippen LogP contribution in [0.1, 0.15) is 5.56 Å². The Bertz CT molecular complexity index is 1120. The Labute approximate surface area is 164 Å². The van der Waals surface area contributed by atoms with Crippen molar-refractivity contribution < 1.29 is 40.2 Å². The van der Waals surface area contributed by atoms with Crippen molar-refractivity contribution in [3.05, 3.63) is 71.3 Å². The van der Waals surface area contributed by atoms with Gasteiger partial charge >= 0.3 is 6.18 Å². The van der Waals surface area contributed by atoms with Gasteiger partial charge in [0, 0.05) is 6.07 Å². The Morgan fingerprint density at radius 2 is 1.07 bits per heavy atom. The summed E-state index contributed by atoms with van der Waals surface area (Å²) in [6.07, 6.45) is -5.42. The monoisotopic (exact) mass is 432 g/mol. The third kappa shape index (κ3) is 3.91. The summed E-state index contributed by atoms with van der Waals surface area (Å²) in [6.45, 7) is 0. The maximum Gasteiger partial charge on any atom is 0.422 e. The van der Waals surface area contributed by atoms with Gasteiger partial charge in [-0.25, -0.2) is 13.2 Å². The molecule has 0 atom stereocenters. The van der Waals surface area contributed by atoms with Crippen LogP contribution in [0.4, 0.5) is 42.1 Å². The molecule has 3 rings (SSSR count). The first-order chi connectivity index (χ1) is 14.0. The van der Waals surface area contributed by atoms with E-state index in [1.54, 1.807) is 0 Å². The molecule has 0 aliphatic carbocycles. The third-order valence-electron chi connectivity index (χ3n) is 3.85. The lowest BCUT2D eigenvalue weighted by Crippen LogP contribution is -2.13. The fourth-order valence-electron chi connectivity index (χ4n) is 2.45. The van der Waals surface area contributed by atoms with E-state index in [1.165, 1.54) is 12.1 Å². The van der Waals surface area contributed by atoms with E-state index in [9.17, 15) is 30.7 Å². The number of hydrogen-bond acceptors (Lipinski definition) is 4. The molecular formula is C19H11F7N2O2. The van der Waals surface area contributed by atoms with Crippen molar-refractivity contribution >= 4 is 11.4 Å². The van der Waals surface area contributed by atoms with Crippen LogP contribution < -0.4 is 20.9 Å². The molecule has 3 aromatic carbocycles. The van der Waals surface area contributed by atoms with E-state index in [-0.39, 0.29) is 0 Å². The number of halogens is 7. The molecule has 0 spiro atoms. The first kappa shape index (κ1) is 21.1. The van der Waals surface area contributed by atoms with E-state index >= 15 is 0 Å². The lowest BCUT2D eigenvalue weighted by Gasteiger charge is -2.18. The van der Waals surface area contributed by atoms with Gasteiger partial charge in [-0.05, 0) is 24.3 Å². The smallest absolute Gasteiger partial charge is 0.422 e. The molecule has 3 aromatic rings. The van der Waals surface area contributed by atoms with E-state index < -0.39 is 69.4 Å². The zero-order valence-electron chi connectivity index (χ0n) is 14.7. The number of anilines is 2. The van der Waals surface area contributed by atoms with Crippen molar-refractivity contribution in [2.24, 2.45) is 0 Å². The fraction of sp³-hybridized carbons (Fsp3) is 0.0526. The molecule has 158 valence electrons. The number of alkyl halides is 3. The van der Waals surface area contributed by atoms with Crippen LogP contribution in [-0.4, -0.2) is 0 Å². The summed E-state index contributed by atoms with van der Waals surface area (Å²) in [5.41, 5.74) is 7.65. The van der Waals surface area contributed by atoms with Gasteiger partial charge in [0.05, 0.1) is 11.4 Å². The number of benzene rings is 3. The molecule has 4 N–H and O–H groups in total. The zero-order chi connectivity index (χ0) is 22.2. The van der Waals surface area contributed by atoms with Gasteiger partial charge < -0.3 is 20.9 Å². The molecule has 0 saturated carbocycles. The predicted octanol–water partition coefficient (Wildman–Crippen LogP) is 6.01. The lowest BCUT2D eigenvalue weighted by atomic mass is 10.1. The molecule has 0 aliphatic rings. The van der Waals surface area contributed by atoms with Crippen LogP contribution in [0, 0.1) is 23.3 Å². The Balaban J connectivity index is 2.16. The van der Waals surface area contributed by atoms with E-state index in [1.807, 2.05) is 0 Å². The summed E-state index contributed by atoms with van der Waals surface area (Å²) in [6, 6.07) is 6.85. The molecule has 4 nitrogen and oxygen atoms in total. The molecule has 30 heavy (non-hydrogen) atoms. The highest BCUT2D eigenvalue weighted by molar-refractivity contribution is 5.52. The number of nitrogen functional groups attached to an aromatic ring is 2. The largest absolute Gasteiger partial charge is 0.453 e. The van der Waals surface area contributed by atoms with E-state index in [4.69, 9.17) is 20.9 Å². The highest BCUT2D eigenvalue weighted by atomic mass is 19.4. The second-order valence-electron chi connectivity index (χ2n) is 5.90. The van der Waals surface area contributed by atoms with Crippen LogP contribution in [0.15, 0.2) is 42.5 Å². The molecular weight excluding hydrogens is 421 g/mol. The number of hydrogen-bond donors (Lipinski definition) is 2. The minimum Gasteiger partial charge on any atom is -0.453 e. The van der Waals surface area contributed by atoms with Crippen molar-refractivity contribution in [2.45, 2.75) is 6.18 Å². The zero-order valence-corrected chi connectivity index (χ0v) is 14.7. The number of rotatable bonds is 4. The summed E-state index contributed by atoms with van der Waals surface area (Å²) < 4.78 is 106. The van der Waals surface area contributed by atoms with Crippen LogP contribution in [0.25, 0.3) is 0 Å². The summed E-state index contributed by atoms with van der Waals surface area (Å²) in [4.78, 5) is 0. The van der Waals surface area contributed by atoms with E-state index in [0.29, 0.717) is 6.07 Å². The average molecular weight is 432 g/mol. The Hall–Kier alpha value is -3.63. The van der Waals surface area contributed by atoms with Gasteiger partial charge in [0.1, 0.15) is 11.3 Å². The highest BCUT2D eigenvalue weighted by Crippen LogP contribution is 2.45. The van der Waals surface area contributed by atoms with Crippen molar-refractivity contribution in [3.8, 4) is 23.0 Å². The standard InChI is InChI=1S/C19H11F7N2O2/c20-15-8(27)3-1-5-10(15)29-12-7-13(17(22)18(23)14(12)19(24,25)26)30-11-6-2-4-9(28)16(11)21/h1-7H,27-28H2. The first-order valence-electron chi connectivity index (χ1n) is 8.03. The molecule has 11 heteroatoms. The Morgan fingerprint density at radius 3 is 1.53 bits per heavy atom.